The number of hydrogen-bond donors (Lipinski definition) is 0. The zero-order valence-electron chi connectivity index (χ0n) is 8.56. The SMILES string of the molecule is [C+](=CCc1ccccc1)c1ccccc1. The van der Waals surface area contributed by atoms with Crippen LogP contribution in [0.5, 0.6) is 0 Å². The Balaban J connectivity index is 1.97. The van der Waals surface area contributed by atoms with Crippen molar-refractivity contribution in [3.8, 4) is 0 Å². The lowest BCUT2D eigenvalue weighted by molar-refractivity contribution is 1.26. The molecule has 0 heteroatoms. The average molecular weight is 193 g/mol. The Labute approximate surface area is 90.9 Å². The number of benzene rings is 2. The fourth-order valence-electron chi connectivity index (χ4n) is 1.44. The Bertz CT molecular complexity index is 412. The Morgan fingerprint density at radius 2 is 1.40 bits per heavy atom. The first-order chi connectivity index (χ1) is 7.45. The van der Waals surface area contributed by atoms with Crippen molar-refractivity contribution >= 4 is 0 Å². The van der Waals surface area contributed by atoms with Gasteiger partial charge in [-0.2, -0.15) is 0 Å². The molecule has 0 aliphatic heterocycles. The number of hydrogen-bond acceptors (Lipinski definition) is 0. The van der Waals surface area contributed by atoms with Gasteiger partial charge in [-0.3, -0.25) is 0 Å². The fraction of sp³-hybridized carbons (Fsp3) is 0.0667. The minimum atomic E-state index is 0.940. The molecule has 0 nitrogen and oxygen atoms in total. The zero-order valence-corrected chi connectivity index (χ0v) is 8.56. The maximum absolute atomic E-state index is 3.27. The second kappa shape index (κ2) is 5.09. The van der Waals surface area contributed by atoms with Gasteiger partial charge in [-0.1, -0.05) is 30.3 Å². The minimum Gasteiger partial charge on any atom is -0.0622 e. The van der Waals surface area contributed by atoms with Crippen molar-refractivity contribution in [1.29, 1.82) is 0 Å². The number of rotatable bonds is 3. The third-order valence-electron chi connectivity index (χ3n) is 2.22. The Hall–Kier alpha value is -1.91. The molecule has 0 saturated carbocycles. The molecular weight excluding hydrogens is 180 g/mol. The van der Waals surface area contributed by atoms with Crippen LogP contribution < -0.4 is 0 Å². The van der Waals surface area contributed by atoms with Crippen molar-refractivity contribution in [3.63, 3.8) is 0 Å². The molecule has 0 aromatic heterocycles. The first kappa shape index (κ1) is 9.64. The lowest BCUT2D eigenvalue weighted by Crippen LogP contribution is -1.79. The summed E-state index contributed by atoms with van der Waals surface area (Å²) in [6, 6.07) is 20.6. The molecule has 0 aliphatic rings. The van der Waals surface area contributed by atoms with E-state index in [2.05, 4.69) is 48.6 Å². The molecule has 15 heavy (non-hydrogen) atoms. The van der Waals surface area contributed by atoms with Crippen LogP contribution in [0.3, 0.4) is 0 Å². The summed E-state index contributed by atoms with van der Waals surface area (Å²) in [4.78, 5) is 0. The molecule has 0 atom stereocenters. The van der Waals surface area contributed by atoms with Crippen molar-refractivity contribution in [2.24, 2.45) is 0 Å². The van der Waals surface area contributed by atoms with E-state index in [1.165, 1.54) is 5.56 Å². The maximum Gasteiger partial charge on any atom is 0.187 e. The highest BCUT2D eigenvalue weighted by atomic mass is 13.9. The standard InChI is InChI=1S/C15H13/c1-3-8-14(9-4-1)12-7-13-15-10-5-2-6-11-15/h1-11H,12H2/q+1. The van der Waals surface area contributed by atoms with Gasteiger partial charge in [0.05, 0.1) is 12.1 Å². The topological polar surface area (TPSA) is 0 Å². The second-order valence-electron chi connectivity index (χ2n) is 3.40. The van der Waals surface area contributed by atoms with Crippen LogP contribution in [-0.4, -0.2) is 0 Å². The van der Waals surface area contributed by atoms with Crippen molar-refractivity contribution in [2.75, 3.05) is 0 Å². The minimum absolute atomic E-state index is 0.940. The van der Waals surface area contributed by atoms with Crippen LogP contribution in [-0.2, 0) is 6.42 Å². The van der Waals surface area contributed by atoms with E-state index < -0.39 is 0 Å². The van der Waals surface area contributed by atoms with Crippen LogP contribution >= 0.6 is 0 Å². The Morgan fingerprint density at radius 1 is 0.800 bits per heavy atom. The van der Waals surface area contributed by atoms with E-state index >= 15 is 0 Å². The smallest absolute Gasteiger partial charge is 0.0622 e. The predicted octanol–water partition coefficient (Wildman–Crippen LogP) is 3.64. The first-order valence-electron chi connectivity index (χ1n) is 5.12. The first-order valence-corrected chi connectivity index (χ1v) is 5.12. The molecule has 0 fully saturated rings. The van der Waals surface area contributed by atoms with Gasteiger partial charge in [-0.15, -0.1) is 0 Å². The monoisotopic (exact) mass is 193 g/mol. The summed E-state index contributed by atoms with van der Waals surface area (Å²) in [6.07, 6.45) is 6.28. The van der Waals surface area contributed by atoms with Crippen molar-refractivity contribution in [2.45, 2.75) is 6.42 Å². The van der Waals surface area contributed by atoms with Crippen LogP contribution in [0.25, 0.3) is 0 Å². The molecule has 2 aromatic rings. The van der Waals surface area contributed by atoms with Crippen LogP contribution in [0, 0.1) is 6.08 Å². The largest absolute Gasteiger partial charge is 0.187 e. The molecule has 0 heterocycles. The highest BCUT2D eigenvalue weighted by molar-refractivity contribution is 5.23. The van der Waals surface area contributed by atoms with Gasteiger partial charge in [0.25, 0.3) is 0 Å². The molecule has 0 bridgehead atoms. The van der Waals surface area contributed by atoms with E-state index in [0.29, 0.717) is 0 Å². The average Bonchev–Trinajstić information content (AvgIpc) is 2.32. The van der Waals surface area contributed by atoms with Gasteiger partial charge in [-0.05, 0) is 23.8 Å². The predicted molar refractivity (Wildman–Crippen MR) is 63.5 cm³/mol. The Morgan fingerprint density at radius 3 is 2.07 bits per heavy atom. The maximum atomic E-state index is 3.27. The molecule has 0 radical (unpaired) electrons. The highest BCUT2D eigenvalue weighted by Crippen LogP contribution is 2.02. The molecule has 0 saturated heterocycles. The molecule has 0 N–H and O–H groups in total. The highest BCUT2D eigenvalue weighted by Gasteiger charge is 1.94. The van der Waals surface area contributed by atoms with Crippen LogP contribution in [0.15, 0.2) is 66.7 Å². The van der Waals surface area contributed by atoms with E-state index in [0.717, 1.165) is 12.0 Å². The lowest BCUT2D eigenvalue weighted by Gasteiger charge is -1.91. The van der Waals surface area contributed by atoms with Crippen LogP contribution in [0.1, 0.15) is 11.1 Å². The molecule has 0 spiro atoms. The van der Waals surface area contributed by atoms with Crippen molar-refractivity contribution < 1.29 is 0 Å². The van der Waals surface area contributed by atoms with Crippen molar-refractivity contribution in [1.82, 2.24) is 0 Å². The van der Waals surface area contributed by atoms with Gasteiger partial charge in [0.2, 0.25) is 0 Å². The summed E-state index contributed by atoms with van der Waals surface area (Å²) in [5.74, 6) is 0. The Kier molecular flexibility index (Phi) is 3.27. The van der Waals surface area contributed by atoms with E-state index in [1.54, 1.807) is 0 Å². The molecular formula is C15H13+. The summed E-state index contributed by atoms with van der Waals surface area (Å²) < 4.78 is 0. The molecule has 2 aromatic carbocycles. The summed E-state index contributed by atoms with van der Waals surface area (Å²) in [7, 11) is 0. The molecule has 2 rings (SSSR count). The summed E-state index contributed by atoms with van der Waals surface area (Å²) in [5.41, 5.74) is 2.45. The number of allylic oxidation sites excluding steroid dienone is 1. The van der Waals surface area contributed by atoms with E-state index in [9.17, 15) is 0 Å². The van der Waals surface area contributed by atoms with Crippen LogP contribution in [0.4, 0.5) is 0 Å². The molecule has 0 aliphatic carbocycles. The fourth-order valence-corrected chi connectivity index (χ4v) is 1.44. The quantitative estimate of drug-likeness (QED) is 0.653. The van der Waals surface area contributed by atoms with Crippen molar-refractivity contribution in [3.05, 3.63) is 83.9 Å². The summed E-state index contributed by atoms with van der Waals surface area (Å²) in [6.45, 7) is 0. The van der Waals surface area contributed by atoms with E-state index in [4.69, 9.17) is 0 Å². The van der Waals surface area contributed by atoms with Gasteiger partial charge < -0.3 is 0 Å². The van der Waals surface area contributed by atoms with E-state index in [-0.39, 0.29) is 0 Å². The van der Waals surface area contributed by atoms with Gasteiger partial charge in [0.1, 0.15) is 0 Å². The van der Waals surface area contributed by atoms with Gasteiger partial charge >= 0.3 is 0 Å². The third-order valence-corrected chi connectivity index (χ3v) is 2.22. The molecule has 72 valence electrons. The zero-order chi connectivity index (χ0) is 10.3. The summed E-state index contributed by atoms with van der Waals surface area (Å²) in [5, 5.41) is 0. The van der Waals surface area contributed by atoms with Gasteiger partial charge in [0, 0.05) is 18.6 Å². The lowest BCUT2D eigenvalue weighted by atomic mass is 10.1. The van der Waals surface area contributed by atoms with E-state index in [1.807, 2.05) is 24.3 Å². The normalized spacial score (nSPS) is 10.1. The summed E-state index contributed by atoms with van der Waals surface area (Å²) >= 11 is 0. The van der Waals surface area contributed by atoms with Gasteiger partial charge in [-0.25, -0.2) is 0 Å². The van der Waals surface area contributed by atoms with Gasteiger partial charge in [0.15, 0.2) is 5.56 Å². The third kappa shape index (κ3) is 3.05. The molecule has 0 amide bonds. The second-order valence-corrected chi connectivity index (χ2v) is 3.40. The van der Waals surface area contributed by atoms with Crippen LogP contribution in [0.2, 0.25) is 0 Å². The molecule has 0 unspecified atom stereocenters.